The molecule has 0 atom stereocenters. The topological polar surface area (TPSA) is 18.5 Å². The highest BCUT2D eigenvalue weighted by Gasteiger charge is 2.30. The van der Waals surface area contributed by atoms with Crippen LogP contribution >= 0.6 is 0 Å². The number of rotatable bonds is 2. The van der Waals surface area contributed by atoms with Crippen molar-refractivity contribution < 1.29 is 9.31 Å². The van der Waals surface area contributed by atoms with E-state index < -0.39 is 0 Å². The highest BCUT2D eigenvalue weighted by molar-refractivity contribution is 6.46. The summed E-state index contributed by atoms with van der Waals surface area (Å²) in [7, 11) is 0.0278. The maximum atomic E-state index is 5.59. The van der Waals surface area contributed by atoms with E-state index in [9.17, 15) is 0 Å². The second kappa shape index (κ2) is 4.29. The molecule has 0 spiro atoms. The monoisotopic (exact) mass is 170 g/mol. The van der Waals surface area contributed by atoms with E-state index in [-0.39, 0.29) is 7.12 Å². The minimum Gasteiger partial charge on any atom is -0.411 e. The molecule has 0 bridgehead atoms. The summed E-state index contributed by atoms with van der Waals surface area (Å²) >= 11 is 0. The van der Waals surface area contributed by atoms with Crippen LogP contribution in [0.5, 0.6) is 0 Å². The Labute approximate surface area is 75.8 Å². The van der Waals surface area contributed by atoms with Crippen molar-refractivity contribution in [3.05, 3.63) is 0 Å². The average molecular weight is 170 g/mol. The fourth-order valence-electron chi connectivity index (χ4n) is 1.30. The molecule has 1 aliphatic rings. The Balaban J connectivity index is 2.30. The van der Waals surface area contributed by atoms with Crippen LogP contribution in [0.1, 0.15) is 27.7 Å². The molecule has 1 fully saturated rings. The van der Waals surface area contributed by atoms with Crippen LogP contribution in [-0.4, -0.2) is 20.3 Å². The first-order valence-electron chi connectivity index (χ1n) is 4.84. The molecule has 2 nitrogen and oxygen atoms in total. The predicted octanol–water partition coefficient (Wildman–Crippen LogP) is 2.20. The van der Waals surface area contributed by atoms with Gasteiger partial charge in [0.2, 0.25) is 0 Å². The summed E-state index contributed by atoms with van der Waals surface area (Å²) in [5.74, 6) is 1.72. The fraction of sp³-hybridized carbons (Fsp3) is 1.00. The van der Waals surface area contributed by atoms with Gasteiger partial charge in [0.1, 0.15) is 0 Å². The lowest BCUT2D eigenvalue weighted by molar-refractivity contribution is 0.0537. The van der Waals surface area contributed by atoms with Crippen LogP contribution in [0.2, 0.25) is 5.82 Å². The lowest BCUT2D eigenvalue weighted by Gasteiger charge is -2.31. The molecule has 1 heterocycles. The van der Waals surface area contributed by atoms with Crippen LogP contribution in [0, 0.1) is 11.8 Å². The molecule has 0 aromatic carbocycles. The van der Waals surface area contributed by atoms with Gasteiger partial charge in [-0.2, -0.15) is 0 Å². The van der Waals surface area contributed by atoms with Gasteiger partial charge in [-0.3, -0.25) is 0 Å². The molecule has 0 radical (unpaired) electrons. The zero-order valence-corrected chi connectivity index (χ0v) is 8.54. The third-order valence-corrected chi connectivity index (χ3v) is 2.44. The molecule has 1 saturated heterocycles. The molecule has 0 amide bonds. The van der Waals surface area contributed by atoms with E-state index >= 15 is 0 Å². The van der Waals surface area contributed by atoms with Gasteiger partial charge in [-0.15, -0.1) is 0 Å². The van der Waals surface area contributed by atoms with Gasteiger partial charge in [0, 0.05) is 19.1 Å². The standard InChI is InChI=1S/C9H19BO2/c1-7(2)9-5-11-10(8(3)4)12-6-9/h7-9H,5-6H2,1-4H3. The average Bonchev–Trinajstić information content (AvgIpc) is 2.04. The summed E-state index contributed by atoms with van der Waals surface area (Å²) in [6, 6.07) is 0. The molecule has 0 aliphatic carbocycles. The minimum absolute atomic E-state index is 0.0278. The summed E-state index contributed by atoms with van der Waals surface area (Å²) < 4.78 is 11.2. The fourth-order valence-corrected chi connectivity index (χ4v) is 1.30. The Hall–Kier alpha value is -0.0151. The van der Waals surface area contributed by atoms with E-state index in [1.165, 1.54) is 0 Å². The van der Waals surface area contributed by atoms with Crippen molar-refractivity contribution >= 4 is 7.12 Å². The molecular weight excluding hydrogens is 151 g/mol. The second-order valence-electron chi connectivity index (χ2n) is 4.28. The first-order valence-corrected chi connectivity index (χ1v) is 4.84. The highest BCUT2D eigenvalue weighted by Crippen LogP contribution is 2.21. The lowest BCUT2D eigenvalue weighted by Crippen LogP contribution is -2.39. The lowest BCUT2D eigenvalue weighted by atomic mass is 9.73. The van der Waals surface area contributed by atoms with Gasteiger partial charge in [0.15, 0.2) is 0 Å². The number of hydrogen-bond donors (Lipinski definition) is 0. The van der Waals surface area contributed by atoms with Gasteiger partial charge in [-0.1, -0.05) is 27.7 Å². The summed E-state index contributed by atoms with van der Waals surface area (Å²) in [5.41, 5.74) is 0. The van der Waals surface area contributed by atoms with E-state index in [0.29, 0.717) is 17.7 Å². The van der Waals surface area contributed by atoms with Gasteiger partial charge in [-0.05, 0) is 11.7 Å². The molecule has 0 saturated carbocycles. The van der Waals surface area contributed by atoms with Crippen LogP contribution in [0.15, 0.2) is 0 Å². The molecule has 3 heteroatoms. The van der Waals surface area contributed by atoms with Crippen molar-refractivity contribution in [2.45, 2.75) is 33.5 Å². The maximum Gasteiger partial charge on any atom is 0.459 e. The Morgan fingerprint density at radius 1 is 1.08 bits per heavy atom. The van der Waals surface area contributed by atoms with E-state index in [1.54, 1.807) is 0 Å². The van der Waals surface area contributed by atoms with Crippen molar-refractivity contribution in [3.8, 4) is 0 Å². The summed E-state index contributed by atoms with van der Waals surface area (Å²) in [6.07, 6.45) is 0. The quantitative estimate of drug-likeness (QED) is 0.591. The minimum atomic E-state index is 0.0278. The predicted molar refractivity (Wildman–Crippen MR) is 51.1 cm³/mol. The molecule has 1 aliphatic heterocycles. The Bertz CT molecular complexity index is 112. The van der Waals surface area contributed by atoms with E-state index in [4.69, 9.17) is 9.31 Å². The van der Waals surface area contributed by atoms with Crippen molar-refractivity contribution in [1.82, 2.24) is 0 Å². The highest BCUT2D eigenvalue weighted by atomic mass is 16.6. The third kappa shape index (κ3) is 2.49. The zero-order valence-electron chi connectivity index (χ0n) is 8.54. The molecule has 70 valence electrons. The molecular formula is C9H19BO2. The van der Waals surface area contributed by atoms with Gasteiger partial charge >= 0.3 is 7.12 Å². The van der Waals surface area contributed by atoms with Crippen LogP contribution in [0.25, 0.3) is 0 Å². The van der Waals surface area contributed by atoms with Crippen LogP contribution in [0.3, 0.4) is 0 Å². The normalized spacial score (nSPS) is 21.0. The first kappa shape index (κ1) is 10.1. The Morgan fingerprint density at radius 2 is 1.58 bits per heavy atom. The van der Waals surface area contributed by atoms with Gasteiger partial charge < -0.3 is 9.31 Å². The van der Waals surface area contributed by atoms with Gasteiger partial charge in [0.25, 0.3) is 0 Å². The van der Waals surface area contributed by atoms with Crippen molar-refractivity contribution in [2.75, 3.05) is 13.2 Å². The molecule has 0 aromatic rings. The Morgan fingerprint density at radius 3 is 1.92 bits per heavy atom. The third-order valence-electron chi connectivity index (χ3n) is 2.44. The maximum absolute atomic E-state index is 5.59. The van der Waals surface area contributed by atoms with Crippen molar-refractivity contribution in [1.29, 1.82) is 0 Å². The zero-order chi connectivity index (χ0) is 9.14. The first-order chi connectivity index (χ1) is 5.61. The molecule has 0 N–H and O–H groups in total. The number of hydrogen-bond acceptors (Lipinski definition) is 2. The van der Waals surface area contributed by atoms with Crippen LogP contribution < -0.4 is 0 Å². The van der Waals surface area contributed by atoms with E-state index in [1.807, 2.05) is 0 Å². The smallest absolute Gasteiger partial charge is 0.411 e. The van der Waals surface area contributed by atoms with Crippen molar-refractivity contribution in [2.24, 2.45) is 11.8 Å². The summed E-state index contributed by atoms with van der Waals surface area (Å²) in [4.78, 5) is 0. The summed E-state index contributed by atoms with van der Waals surface area (Å²) in [5, 5.41) is 0. The largest absolute Gasteiger partial charge is 0.459 e. The van der Waals surface area contributed by atoms with Crippen LogP contribution in [0.4, 0.5) is 0 Å². The van der Waals surface area contributed by atoms with Crippen molar-refractivity contribution in [3.63, 3.8) is 0 Å². The second-order valence-corrected chi connectivity index (χ2v) is 4.28. The van der Waals surface area contributed by atoms with Crippen LogP contribution in [-0.2, 0) is 9.31 Å². The molecule has 12 heavy (non-hydrogen) atoms. The molecule has 0 unspecified atom stereocenters. The SMILES string of the molecule is CC(C)B1OCC(C(C)C)CO1. The van der Waals surface area contributed by atoms with Gasteiger partial charge in [0.05, 0.1) is 0 Å². The van der Waals surface area contributed by atoms with E-state index in [2.05, 4.69) is 27.7 Å². The van der Waals surface area contributed by atoms with Gasteiger partial charge in [-0.25, -0.2) is 0 Å². The Kier molecular flexibility index (Phi) is 3.60. The summed E-state index contributed by atoms with van der Waals surface area (Å²) in [6.45, 7) is 10.4. The van der Waals surface area contributed by atoms with E-state index in [0.717, 1.165) is 13.2 Å². The molecule has 1 rings (SSSR count). The molecule has 0 aromatic heterocycles.